The maximum absolute atomic E-state index is 11.2. The minimum absolute atomic E-state index is 0.0289. The van der Waals surface area contributed by atoms with E-state index in [1.54, 1.807) is 6.21 Å². The summed E-state index contributed by atoms with van der Waals surface area (Å²) in [5.74, 6) is 0.228. The number of nitrogens with one attached hydrogen (secondary N) is 1. The lowest BCUT2D eigenvalue weighted by Gasteiger charge is -1.96. The molecule has 0 saturated heterocycles. The predicted molar refractivity (Wildman–Crippen MR) is 62.6 cm³/mol. The maximum atomic E-state index is 11.2. The van der Waals surface area contributed by atoms with Crippen LogP contribution in [0.1, 0.15) is 18.4 Å². The zero-order valence-electron chi connectivity index (χ0n) is 8.11. The molecule has 0 spiro atoms. The molecule has 1 aromatic rings. The molecule has 2 rings (SSSR count). The zero-order chi connectivity index (χ0) is 10.7. The summed E-state index contributed by atoms with van der Waals surface area (Å²) in [6.45, 7) is 0. The molecule has 15 heavy (non-hydrogen) atoms. The van der Waals surface area contributed by atoms with Crippen molar-refractivity contribution in [3.05, 3.63) is 34.3 Å². The van der Waals surface area contributed by atoms with Crippen LogP contribution in [0.4, 0.5) is 0 Å². The van der Waals surface area contributed by atoms with E-state index in [0.717, 1.165) is 22.9 Å². The molecule has 3 nitrogen and oxygen atoms in total. The van der Waals surface area contributed by atoms with Gasteiger partial charge in [-0.3, -0.25) is 4.79 Å². The molecule has 1 aliphatic carbocycles. The van der Waals surface area contributed by atoms with Crippen molar-refractivity contribution in [2.45, 2.75) is 12.8 Å². The van der Waals surface area contributed by atoms with Crippen molar-refractivity contribution in [2.24, 2.45) is 11.0 Å². The number of rotatable bonds is 3. The van der Waals surface area contributed by atoms with Gasteiger partial charge < -0.3 is 0 Å². The highest BCUT2D eigenvalue weighted by atomic mass is 79.9. The van der Waals surface area contributed by atoms with Crippen LogP contribution in [0.2, 0.25) is 0 Å². The summed E-state index contributed by atoms with van der Waals surface area (Å²) < 4.78 is 1.000. The second-order valence-electron chi connectivity index (χ2n) is 3.56. The van der Waals surface area contributed by atoms with Gasteiger partial charge in [0.05, 0.1) is 6.21 Å². The third kappa shape index (κ3) is 3.16. The number of amides is 1. The van der Waals surface area contributed by atoms with Crippen molar-refractivity contribution >= 4 is 28.1 Å². The van der Waals surface area contributed by atoms with Crippen LogP contribution in [0, 0.1) is 5.92 Å². The lowest BCUT2D eigenvalue weighted by molar-refractivity contribution is -0.122. The Bertz CT molecular complexity index is 399. The van der Waals surface area contributed by atoms with Crippen molar-refractivity contribution in [3.8, 4) is 0 Å². The van der Waals surface area contributed by atoms with Gasteiger partial charge in [0.25, 0.3) is 0 Å². The molecular weight excluding hydrogens is 256 g/mol. The van der Waals surface area contributed by atoms with Gasteiger partial charge in [-0.2, -0.15) is 5.10 Å². The molecule has 0 aromatic heterocycles. The van der Waals surface area contributed by atoms with Gasteiger partial charge in [-0.1, -0.05) is 28.1 Å². The van der Waals surface area contributed by atoms with Gasteiger partial charge in [-0.25, -0.2) is 5.43 Å². The quantitative estimate of drug-likeness (QED) is 0.662. The van der Waals surface area contributed by atoms with Crippen LogP contribution >= 0.6 is 15.9 Å². The molecule has 1 amide bonds. The number of halogens is 1. The van der Waals surface area contributed by atoms with Crippen molar-refractivity contribution in [3.63, 3.8) is 0 Å². The van der Waals surface area contributed by atoms with Crippen LogP contribution in [0.15, 0.2) is 33.8 Å². The summed E-state index contributed by atoms with van der Waals surface area (Å²) in [5, 5.41) is 3.90. The minimum atomic E-state index is 0.0289. The fourth-order valence-electron chi connectivity index (χ4n) is 1.19. The second kappa shape index (κ2) is 4.57. The van der Waals surface area contributed by atoms with Crippen LogP contribution in [0.25, 0.3) is 0 Å². The van der Waals surface area contributed by atoms with Crippen LogP contribution in [0.3, 0.4) is 0 Å². The lowest BCUT2D eigenvalue weighted by Crippen LogP contribution is -2.18. The van der Waals surface area contributed by atoms with E-state index in [1.807, 2.05) is 24.3 Å². The van der Waals surface area contributed by atoms with Crippen molar-refractivity contribution in [1.29, 1.82) is 0 Å². The summed E-state index contributed by atoms with van der Waals surface area (Å²) >= 11 is 3.37. The first kappa shape index (κ1) is 10.4. The molecule has 78 valence electrons. The van der Waals surface area contributed by atoms with Gasteiger partial charge in [-0.15, -0.1) is 0 Å². The first-order valence-corrected chi connectivity index (χ1v) is 5.63. The van der Waals surface area contributed by atoms with E-state index in [9.17, 15) is 4.79 Å². The van der Waals surface area contributed by atoms with Crippen molar-refractivity contribution in [1.82, 2.24) is 5.43 Å². The number of carbonyl (C=O) groups is 1. The van der Waals surface area contributed by atoms with Crippen LogP contribution < -0.4 is 5.43 Å². The minimum Gasteiger partial charge on any atom is -0.273 e. The molecule has 4 heteroatoms. The molecular formula is C11H11BrN2O. The molecule has 1 saturated carbocycles. The van der Waals surface area contributed by atoms with Crippen LogP contribution in [-0.2, 0) is 4.79 Å². The smallest absolute Gasteiger partial charge is 0.243 e. The molecule has 0 radical (unpaired) electrons. The molecule has 0 aliphatic heterocycles. The summed E-state index contributed by atoms with van der Waals surface area (Å²) in [4.78, 5) is 11.2. The standard InChI is InChI=1S/C11H11BrN2O/c12-10-3-1-2-8(6-10)7-13-14-11(15)9-4-5-9/h1-3,6-7,9H,4-5H2,(H,14,15)/b13-7+. The van der Waals surface area contributed by atoms with E-state index >= 15 is 0 Å². The third-order valence-electron chi connectivity index (χ3n) is 2.19. The molecule has 0 atom stereocenters. The molecule has 1 aliphatic rings. The van der Waals surface area contributed by atoms with E-state index in [2.05, 4.69) is 26.5 Å². The molecule has 1 aromatic carbocycles. The fourth-order valence-corrected chi connectivity index (χ4v) is 1.61. The Labute approximate surface area is 96.7 Å². The van der Waals surface area contributed by atoms with Crippen LogP contribution in [0.5, 0.6) is 0 Å². The third-order valence-corrected chi connectivity index (χ3v) is 2.68. The van der Waals surface area contributed by atoms with Crippen molar-refractivity contribution < 1.29 is 4.79 Å². The molecule has 0 heterocycles. The Balaban J connectivity index is 1.90. The highest BCUT2D eigenvalue weighted by Crippen LogP contribution is 2.28. The number of carbonyl (C=O) groups excluding carboxylic acids is 1. The number of benzene rings is 1. The Morgan fingerprint density at radius 2 is 2.33 bits per heavy atom. The van der Waals surface area contributed by atoms with E-state index in [1.165, 1.54) is 0 Å². The Morgan fingerprint density at radius 3 is 3.00 bits per heavy atom. The first-order chi connectivity index (χ1) is 7.25. The van der Waals surface area contributed by atoms with Gasteiger partial charge in [0.2, 0.25) is 5.91 Å². The molecule has 0 unspecified atom stereocenters. The zero-order valence-corrected chi connectivity index (χ0v) is 9.70. The van der Waals surface area contributed by atoms with Crippen molar-refractivity contribution in [2.75, 3.05) is 0 Å². The predicted octanol–water partition coefficient (Wildman–Crippen LogP) is 2.31. The highest BCUT2D eigenvalue weighted by molar-refractivity contribution is 9.10. The van der Waals surface area contributed by atoms with Gasteiger partial charge in [0.15, 0.2) is 0 Å². The van der Waals surface area contributed by atoms with Crippen LogP contribution in [-0.4, -0.2) is 12.1 Å². The molecule has 1 N–H and O–H groups in total. The highest BCUT2D eigenvalue weighted by Gasteiger charge is 2.29. The average Bonchev–Trinajstić information content (AvgIpc) is 3.00. The summed E-state index contributed by atoms with van der Waals surface area (Å²) in [5.41, 5.74) is 3.49. The number of hydrazone groups is 1. The first-order valence-electron chi connectivity index (χ1n) is 4.84. The normalized spacial score (nSPS) is 15.5. The Kier molecular flexibility index (Phi) is 3.16. The van der Waals surface area contributed by atoms with Gasteiger partial charge in [-0.05, 0) is 30.5 Å². The molecule has 0 bridgehead atoms. The SMILES string of the molecule is O=C(N/N=C/c1cccc(Br)c1)C1CC1. The summed E-state index contributed by atoms with van der Waals surface area (Å²) in [7, 11) is 0. The summed E-state index contributed by atoms with van der Waals surface area (Å²) in [6, 6.07) is 7.73. The number of hydrogen-bond acceptors (Lipinski definition) is 2. The Hall–Kier alpha value is -1.16. The second-order valence-corrected chi connectivity index (χ2v) is 4.48. The maximum Gasteiger partial charge on any atom is 0.243 e. The number of nitrogens with zero attached hydrogens (tertiary/aromatic N) is 1. The van der Waals surface area contributed by atoms with Gasteiger partial charge in [0, 0.05) is 10.4 Å². The van der Waals surface area contributed by atoms with Gasteiger partial charge >= 0.3 is 0 Å². The lowest BCUT2D eigenvalue weighted by atomic mass is 10.2. The fraction of sp³-hybridized carbons (Fsp3) is 0.273. The van der Waals surface area contributed by atoms with E-state index in [4.69, 9.17) is 0 Å². The number of hydrogen-bond donors (Lipinski definition) is 1. The topological polar surface area (TPSA) is 41.5 Å². The average molecular weight is 267 g/mol. The Morgan fingerprint density at radius 1 is 1.53 bits per heavy atom. The summed E-state index contributed by atoms with van der Waals surface area (Å²) in [6.07, 6.45) is 3.64. The van der Waals surface area contributed by atoms with E-state index in [0.29, 0.717) is 0 Å². The monoisotopic (exact) mass is 266 g/mol. The van der Waals surface area contributed by atoms with Gasteiger partial charge in [0.1, 0.15) is 0 Å². The van der Waals surface area contributed by atoms with E-state index < -0.39 is 0 Å². The molecule has 1 fully saturated rings. The van der Waals surface area contributed by atoms with E-state index in [-0.39, 0.29) is 11.8 Å². The largest absolute Gasteiger partial charge is 0.273 e.